The summed E-state index contributed by atoms with van der Waals surface area (Å²) in [5.41, 5.74) is 0.156. The van der Waals surface area contributed by atoms with Gasteiger partial charge in [-0.1, -0.05) is 13.3 Å². The molecule has 202 valence electrons. The SMILES string of the molecule is CCC[C@H](NC(=O)Cc1cc(F)cc(F)c1)C(=O)Nc1cn(C2(CN3C[C@@H](C)O[C@@H](C)C3)CCC2)cn1. The minimum Gasteiger partial charge on any atom is -0.373 e. The highest BCUT2D eigenvalue weighted by atomic mass is 19.1. The number of rotatable bonds is 10. The summed E-state index contributed by atoms with van der Waals surface area (Å²) < 4.78 is 34.9. The van der Waals surface area contributed by atoms with E-state index in [1.165, 1.54) is 0 Å². The topological polar surface area (TPSA) is 88.5 Å². The van der Waals surface area contributed by atoms with E-state index in [0.29, 0.717) is 18.7 Å². The third kappa shape index (κ3) is 6.93. The first kappa shape index (κ1) is 27.2. The smallest absolute Gasteiger partial charge is 0.248 e. The Morgan fingerprint density at radius 2 is 1.84 bits per heavy atom. The van der Waals surface area contributed by atoms with Crippen LogP contribution in [0.25, 0.3) is 0 Å². The van der Waals surface area contributed by atoms with Crippen LogP contribution in [0.2, 0.25) is 0 Å². The molecule has 2 amide bonds. The zero-order valence-corrected chi connectivity index (χ0v) is 21.8. The average molecular weight is 518 g/mol. The lowest BCUT2D eigenvalue weighted by Gasteiger charge is -2.48. The fraction of sp³-hybridized carbons (Fsp3) is 0.593. The van der Waals surface area contributed by atoms with E-state index in [-0.39, 0.29) is 35.6 Å². The lowest BCUT2D eigenvalue weighted by atomic mass is 9.76. The van der Waals surface area contributed by atoms with E-state index in [1.807, 2.05) is 13.1 Å². The van der Waals surface area contributed by atoms with Gasteiger partial charge in [0.05, 0.1) is 30.5 Å². The number of imidazole rings is 1. The van der Waals surface area contributed by atoms with Gasteiger partial charge in [0.25, 0.3) is 0 Å². The molecule has 2 fully saturated rings. The van der Waals surface area contributed by atoms with E-state index >= 15 is 0 Å². The molecule has 2 N–H and O–H groups in total. The number of hydrogen-bond donors (Lipinski definition) is 2. The second-order valence-electron chi connectivity index (χ2n) is 10.5. The van der Waals surface area contributed by atoms with Crippen molar-refractivity contribution >= 4 is 17.6 Å². The van der Waals surface area contributed by atoms with Crippen molar-refractivity contribution in [2.45, 2.75) is 83.1 Å². The molecule has 0 spiro atoms. The number of carbonyl (C=O) groups is 2. The number of morpholine rings is 1. The highest BCUT2D eigenvalue weighted by molar-refractivity contribution is 5.96. The van der Waals surface area contributed by atoms with Crippen molar-refractivity contribution in [2.75, 3.05) is 25.0 Å². The Bertz CT molecular complexity index is 1070. The zero-order valence-electron chi connectivity index (χ0n) is 21.8. The van der Waals surface area contributed by atoms with Crippen LogP contribution >= 0.6 is 0 Å². The molecule has 10 heteroatoms. The largest absolute Gasteiger partial charge is 0.373 e. The molecule has 1 saturated carbocycles. The lowest BCUT2D eigenvalue weighted by molar-refractivity contribution is -0.126. The summed E-state index contributed by atoms with van der Waals surface area (Å²) in [6.07, 6.45) is 8.14. The number of halogens is 2. The minimum atomic E-state index is -0.782. The number of aromatic nitrogens is 2. The first-order valence-electron chi connectivity index (χ1n) is 13.1. The van der Waals surface area contributed by atoms with Crippen LogP contribution in [-0.4, -0.2) is 64.1 Å². The van der Waals surface area contributed by atoms with Crippen molar-refractivity contribution < 1.29 is 23.1 Å². The summed E-state index contributed by atoms with van der Waals surface area (Å²) in [5.74, 6) is -1.91. The molecule has 37 heavy (non-hydrogen) atoms. The summed E-state index contributed by atoms with van der Waals surface area (Å²) in [5, 5.41) is 5.53. The van der Waals surface area contributed by atoms with Gasteiger partial charge in [0, 0.05) is 31.9 Å². The molecule has 0 unspecified atom stereocenters. The number of hydrogen-bond acceptors (Lipinski definition) is 5. The molecule has 0 radical (unpaired) electrons. The third-order valence-electron chi connectivity index (χ3n) is 7.20. The number of nitrogens with zero attached hydrogens (tertiary/aromatic N) is 3. The second-order valence-corrected chi connectivity index (χ2v) is 10.5. The van der Waals surface area contributed by atoms with Gasteiger partial charge in [-0.3, -0.25) is 14.5 Å². The third-order valence-corrected chi connectivity index (χ3v) is 7.20. The predicted octanol–water partition coefficient (Wildman–Crippen LogP) is 3.62. The second kappa shape index (κ2) is 11.7. The van der Waals surface area contributed by atoms with Crippen molar-refractivity contribution in [3.63, 3.8) is 0 Å². The van der Waals surface area contributed by atoms with Gasteiger partial charge < -0.3 is 19.9 Å². The Morgan fingerprint density at radius 1 is 1.16 bits per heavy atom. The molecular formula is C27H37F2N5O3. The summed E-state index contributed by atoms with van der Waals surface area (Å²) in [4.78, 5) is 32.4. The quantitative estimate of drug-likeness (QED) is 0.503. The predicted molar refractivity (Wildman–Crippen MR) is 136 cm³/mol. The van der Waals surface area contributed by atoms with Crippen molar-refractivity contribution in [1.82, 2.24) is 19.8 Å². The Kier molecular flexibility index (Phi) is 8.59. The van der Waals surface area contributed by atoms with E-state index in [4.69, 9.17) is 4.74 Å². The monoisotopic (exact) mass is 517 g/mol. The molecule has 0 bridgehead atoms. The maximum absolute atomic E-state index is 13.5. The fourth-order valence-electron chi connectivity index (χ4n) is 5.47. The summed E-state index contributed by atoms with van der Waals surface area (Å²) in [6.45, 7) is 8.81. The molecule has 1 saturated heterocycles. The van der Waals surface area contributed by atoms with Gasteiger partial charge in [0.1, 0.15) is 17.7 Å². The molecule has 1 aromatic carbocycles. The fourth-order valence-corrected chi connectivity index (χ4v) is 5.47. The molecular weight excluding hydrogens is 480 g/mol. The lowest BCUT2D eigenvalue weighted by Crippen LogP contribution is -2.54. The maximum atomic E-state index is 13.5. The molecule has 4 rings (SSSR count). The van der Waals surface area contributed by atoms with Crippen LogP contribution in [0.3, 0.4) is 0 Å². The van der Waals surface area contributed by atoms with Gasteiger partial charge in [-0.05, 0) is 57.2 Å². The van der Waals surface area contributed by atoms with E-state index in [0.717, 1.165) is 57.1 Å². The van der Waals surface area contributed by atoms with Crippen molar-refractivity contribution in [3.8, 4) is 0 Å². The number of amides is 2. The molecule has 3 atom stereocenters. The Balaban J connectivity index is 1.37. The van der Waals surface area contributed by atoms with Crippen LogP contribution < -0.4 is 10.6 Å². The number of carbonyl (C=O) groups excluding carboxylic acids is 2. The maximum Gasteiger partial charge on any atom is 0.248 e. The summed E-state index contributed by atoms with van der Waals surface area (Å²) in [7, 11) is 0. The van der Waals surface area contributed by atoms with Crippen LogP contribution in [0, 0.1) is 11.6 Å². The molecule has 8 nitrogen and oxygen atoms in total. The van der Waals surface area contributed by atoms with Crippen molar-refractivity contribution in [2.24, 2.45) is 0 Å². The van der Waals surface area contributed by atoms with Crippen LogP contribution in [-0.2, 0) is 26.3 Å². The minimum absolute atomic E-state index is 0.0516. The van der Waals surface area contributed by atoms with Crippen molar-refractivity contribution in [3.05, 3.63) is 47.9 Å². The number of benzene rings is 1. The van der Waals surface area contributed by atoms with Gasteiger partial charge >= 0.3 is 0 Å². The average Bonchev–Trinajstić information content (AvgIpc) is 3.23. The van der Waals surface area contributed by atoms with Gasteiger partial charge in [0.15, 0.2) is 5.82 Å². The van der Waals surface area contributed by atoms with Gasteiger partial charge in [-0.15, -0.1) is 0 Å². The first-order chi connectivity index (χ1) is 17.7. The zero-order chi connectivity index (χ0) is 26.6. The van der Waals surface area contributed by atoms with Gasteiger partial charge in [0.2, 0.25) is 11.8 Å². The normalized spacial score (nSPS) is 22.2. The molecule has 2 aliphatic rings. The van der Waals surface area contributed by atoms with Crippen LogP contribution in [0.5, 0.6) is 0 Å². The Hall–Kier alpha value is -2.85. The molecule has 2 heterocycles. The van der Waals surface area contributed by atoms with Crippen LogP contribution in [0.1, 0.15) is 58.4 Å². The van der Waals surface area contributed by atoms with Crippen LogP contribution in [0.4, 0.5) is 14.6 Å². The standard InChI is InChI=1S/C27H37F2N5O3/c1-4-6-23(31-25(35)11-20-9-21(28)12-22(29)10-20)26(36)32-24-15-34(17-30-24)27(7-5-8-27)16-33-13-18(2)37-19(3)14-33/h9-10,12,15,17-19,23H,4-8,11,13-14,16H2,1-3H3,(H,31,35)(H,32,36)/t18-,19+,23-/m0/s1. The van der Waals surface area contributed by atoms with E-state index < -0.39 is 23.6 Å². The van der Waals surface area contributed by atoms with E-state index in [9.17, 15) is 18.4 Å². The molecule has 1 aliphatic heterocycles. The van der Waals surface area contributed by atoms with E-state index in [2.05, 4.69) is 38.9 Å². The number of ether oxygens (including phenoxy) is 1. The number of nitrogens with one attached hydrogen (secondary N) is 2. The number of anilines is 1. The highest BCUT2D eigenvalue weighted by Crippen LogP contribution is 2.40. The van der Waals surface area contributed by atoms with E-state index in [1.54, 1.807) is 6.33 Å². The van der Waals surface area contributed by atoms with Crippen molar-refractivity contribution in [1.29, 1.82) is 0 Å². The van der Waals surface area contributed by atoms with Gasteiger partial charge in [-0.2, -0.15) is 0 Å². The molecule has 2 aromatic rings. The highest BCUT2D eigenvalue weighted by Gasteiger charge is 2.41. The summed E-state index contributed by atoms with van der Waals surface area (Å²) in [6, 6.07) is 2.19. The molecule has 1 aliphatic carbocycles. The Morgan fingerprint density at radius 3 is 2.43 bits per heavy atom. The van der Waals surface area contributed by atoms with Crippen LogP contribution in [0.15, 0.2) is 30.7 Å². The van der Waals surface area contributed by atoms with Gasteiger partial charge in [-0.25, -0.2) is 13.8 Å². The first-order valence-corrected chi connectivity index (χ1v) is 13.1. The summed E-state index contributed by atoms with van der Waals surface area (Å²) >= 11 is 0. The molecule has 1 aromatic heterocycles. The Labute approximate surface area is 216 Å².